The monoisotopic (exact) mass is 342 g/mol. The lowest BCUT2D eigenvalue weighted by molar-refractivity contribution is 0.258. The van der Waals surface area contributed by atoms with Crippen molar-refractivity contribution in [2.45, 2.75) is 25.8 Å². The van der Waals surface area contributed by atoms with Crippen molar-refractivity contribution >= 4 is 5.96 Å². The summed E-state index contributed by atoms with van der Waals surface area (Å²) in [6, 6.07) is 12.8. The lowest BCUT2D eigenvalue weighted by Gasteiger charge is -2.24. The number of guanidine groups is 1. The van der Waals surface area contributed by atoms with E-state index in [0.717, 1.165) is 24.8 Å². The third-order valence-corrected chi connectivity index (χ3v) is 4.40. The second-order valence-corrected chi connectivity index (χ2v) is 6.64. The van der Waals surface area contributed by atoms with Gasteiger partial charge in [0, 0.05) is 20.1 Å². The fourth-order valence-electron chi connectivity index (χ4n) is 2.70. The van der Waals surface area contributed by atoms with Crippen LogP contribution in [0.4, 0.5) is 0 Å². The van der Waals surface area contributed by atoms with Gasteiger partial charge in [-0.3, -0.25) is 9.89 Å². The molecule has 0 saturated heterocycles. The first-order valence-corrected chi connectivity index (χ1v) is 8.72. The minimum atomic E-state index is 0.156. The van der Waals surface area contributed by atoms with E-state index < -0.39 is 0 Å². The van der Waals surface area contributed by atoms with E-state index in [1.807, 2.05) is 26.2 Å². The molecule has 2 unspecified atom stereocenters. The Balaban J connectivity index is 1.86. The van der Waals surface area contributed by atoms with Gasteiger partial charge in [0.05, 0.1) is 12.3 Å². The van der Waals surface area contributed by atoms with Crippen molar-refractivity contribution < 1.29 is 4.42 Å². The molecule has 0 amide bonds. The highest BCUT2D eigenvalue weighted by molar-refractivity contribution is 5.79. The number of hydrogen-bond acceptors (Lipinski definition) is 3. The van der Waals surface area contributed by atoms with Crippen LogP contribution in [0.3, 0.4) is 0 Å². The Hall–Kier alpha value is -2.27. The number of rotatable bonds is 7. The van der Waals surface area contributed by atoms with Gasteiger partial charge in [0.25, 0.3) is 0 Å². The lowest BCUT2D eigenvalue weighted by atomic mass is 10.0. The Morgan fingerprint density at radius 2 is 1.80 bits per heavy atom. The van der Waals surface area contributed by atoms with E-state index in [9.17, 15) is 0 Å². The van der Waals surface area contributed by atoms with Gasteiger partial charge in [0.15, 0.2) is 5.96 Å². The van der Waals surface area contributed by atoms with E-state index in [1.165, 1.54) is 11.1 Å². The fraction of sp³-hybridized carbons (Fsp3) is 0.450. The number of likely N-dealkylation sites (N-methyl/N-ethyl adjacent to an activating group) is 1. The van der Waals surface area contributed by atoms with Crippen LogP contribution in [-0.2, 0) is 0 Å². The Morgan fingerprint density at radius 1 is 1.12 bits per heavy atom. The zero-order valence-corrected chi connectivity index (χ0v) is 15.9. The van der Waals surface area contributed by atoms with Crippen LogP contribution in [0, 0.1) is 6.92 Å². The van der Waals surface area contributed by atoms with Crippen LogP contribution in [0.25, 0.3) is 0 Å². The molecular formula is C20H30N4O. The van der Waals surface area contributed by atoms with Crippen molar-refractivity contribution in [2.24, 2.45) is 4.99 Å². The highest BCUT2D eigenvalue weighted by Gasteiger charge is 2.17. The number of nitrogens with one attached hydrogen (secondary N) is 2. The molecule has 0 radical (unpaired) electrons. The van der Waals surface area contributed by atoms with Gasteiger partial charge in [-0.1, -0.05) is 36.8 Å². The molecule has 136 valence electrons. The topological polar surface area (TPSA) is 52.8 Å². The van der Waals surface area contributed by atoms with Gasteiger partial charge >= 0.3 is 0 Å². The largest absolute Gasteiger partial charge is 0.468 e. The molecular weight excluding hydrogens is 312 g/mol. The summed E-state index contributed by atoms with van der Waals surface area (Å²) in [5, 5.41) is 6.80. The van der Waals surface area contributed by atoms with E-state index in [2.05, 4.69) is 58.6 Å². The molecule has 0 aliphatic rings. The van der Waals surface area contributed by atoms with Crippen molar-refractivity contribution in [1.29, 1.82) is 0 Å². The van der Waals surface area contributed by atoms with E-state index in [4.69, 9.17) is 4.42 Å². The van der Waals surface area contributed by atoms with Gasteiger partial charge in [-0.2, -0.15) is 0 Å². The first-order valence-electron chi connectivity index (χ1n) is 8.72. The molecule has 2 rings (SSSR count). The maximum Gasteiger partial charge on any atom is 0.191 e. The molecule has 25 heavy (non-hydrogen) atoms. The predicted molar refractivity (Wildman–Crippen MR) is 104 cm³/mol. The summed E-state index contributed by atoms with van der Waals surface area (Å²) in [4.78, 5) is 6.46. The molecule has 5 nitrogen and oxygen atoms in total. The molecule has 0 aliphatic carbocycles. The number of hydrogen-bond donors (Lipinski definition) is 2. The van der Waals surface area contributed by atoms with Crippen LogP contribution >= 0.6 is 0 Å². The van der Waals surface area contributed by atoms with Crippen molar-refractivity contribution in [3.8, 4) is 0 Å². The van der Waals surface area contributed by atoms with Crippen LogP contribution in [0.1, 0.15) is 35.8 Å². The van der Waals surface area contributed by atoms with E-state index >= 15 is 0 Å². The van der Waals surface area contributed by atoms with Crippen LogP contribution in [0.2, 0.25) is 0 Å². The van der Waals surface area contributed by atoms with Gasteiger partial charge in [-0.25, -0.2) is 0 Å². The summed E-state index contributed by atoms with van der Waals surface area (Å²) in [5.41, 5.74) is 2.62. The summed E-state index contributed by atoms with van der Waals surface area (Å²) in [7, 11) is 5.89. The van der Waals surface area contributed by atoms with Crippen LogP contribution < -0.4 is 10.6 Å². The summed E-state index contributed by atoms with van der Waals surface area (Å²) in [6.07, 6.45) is 1.71. The Morgan fingerprint density at radius 3 is 2.36 bits per heavy atom. The maximum absolute atomic E-state index is 5.55. The molecule has 0 fully saturated rings. The quantitative estimate of drug-likeness (QED) is 0.599. The van der Waals surface area contributed by atoms with E-state index in [-0.39, 0.29) is 6.04 Å². The lowest BCUT2D eigenvalue weighted by Crippen LogP contribution is -2.42. The van der Waals surface area contributed by atoms with Gasteiger partial charge in [-0.15, -0.1) is 0 Å². The molecule has 2 atom stereocenters. The molecule has 1 aromatic heterocycles. The fourth-order valence-corrected chi connectivity index (χ4v) is 2.70. The number of aliphatic imine (C=N–C) groups is 1. The average Bonchev–Trinajstić information content (AvgIpc) is 3.12. The third kappa shape index (κ3) is 5.64. The third-order valence-electron chi connectivity index (χ3n) is 4.40. The molecule has 1 aromatic carbocycles. The van der Waals surface area contributed by atoms with Gasteiger partial charge in [-0.05, 0) is 44.6 Å². The zero-order chi connectivity index (χ0) is 18.2. The molecule has 0 bridgehead atoms. The number of furan rings is 1. The average molecular weight is 342 g/mol. The summed E-state index contributed by atoms with van der Waals surface area (Å²) < 4.78 is 5.55. The van der Waals surface area contributed by atoms with Gasteiger partial charge in [0.1, 0.15) is 5.76 Å². The summed E-state index contributed by atoms with van der Waals surface area (Å²) >= 11 is 0. The van der Waals surface area contributed by atoms with Gasteiger partial charge in [0.2, 0.25) is 0 Å². The Kier molecular flexibility index (Phi) is 7.07. The van der Waals surface area contributed by atoms with Crippen molar-refractivity contribution in [2.75, 3.05) is 34.2 Å². The molecule has 5 heteroatoms. The van der Waals surface area contributed by atoms with Crippen LogP contribution in [0.15, 0.2) is 52.1 Å². The number of aryl methyl sites for hydroxylation is 1. The van der Waals surface area contributed by atoms with E-state index in [1.54, 1.807) is 13.3 Å². The van der Waals surface area contributed by atoms with Crippen molar-refractivity contribution in [3.63, 3.8) is 0 Å². The maximum atomic E-state index is 5.55. The SMILES string of the molecule is CN=C(NCC(C)c1ccc(C)cc1)NCC(c1ccco1)N(C)C. The minimum absolute atomic E-state index is 0.156. The number of benzene rings is 1. The second kappa shape index (κ2) is 9.28. The first-order chi connectivity index (χ1) is 12.0. The molecule has 0 aliphatic heterocycles. The number of nitrogens with zero attached hydrogens (tertiary/aromatic N) is 2. The highest BCUT2D eigenvalue weighted by atomic mass is 16.3. The van der Waals surface area contributed by atoms with Crippen molar-refractivity contribution in [3.05, 3.63) is 59.5 Å². The summed E-state index contributed by atoms with van der Waals surface area (Å²) in [5.74, 6) is 2.16. The Bertz CT molecular complexity index is 647. The van der Waals surface area contributed by atoms with Crippen LogP contribution in [-0.4, -0.2) is 45.1 Å². The smallest absolute Gasteiger partial charge is 0.191 e. The summed E-state index contributed by atoms with van der Waals surface area (Å²) in [6.45, 7) is 5.88. The molecule has 0 saturated carbocycles. The Labute approximate surface area is 151 Å². The normalized spacial score (nSPS) is 14.4. The first kappa shape index (κ1) is 19.1. The molecule has 2 N–H and O–H groups in total. The zero-order valence-electron chi connectivity index (χ0n) is 15.9. The van der Waals surface area contributed by atoms with Crippen molar-refractivity contribution in [1.82, 2.24) is 15.5 Å². The minimum Gasteiger partial charge on any atom is -0.468 e. The molecule has 2 aromatic rings. The molecule has 0 spiro atoms. The van der Waals surface area contributed by atoms with E-state index in [0.29, 0.717) is 5.92 Å². The van der Waals surface area contributed by atoms with Crippen LogP contribution in [0.5, 0.6) is 0 Å². The predicted octanol–water partition coefficient (Wildman–Crippen LogP) is 3.16. The second-order valence-electron chi connectivity index (χ2n) is 6.64. The standard InChI is InChI=1S/C20H30N4O/c1-15-8-10-17(11-9-15)16(2)13-22-20(21-3)23-14-18(24(4)5)19-7-6-12-25-19/h6-12,16,18H,13-14H2,1-5H3,(H2,21,22,23). The highest BCUT2D eigenvalue weighted by Crippen LogP contribution is 2.17. The van der Waals surface area contributed by atoms with Gasteiger partial charge < -0.3 is 15.1 Å². The molecule has 1 heterocycles.